The predicted octanol–water partition coefficient (Wildman–Crippen LogP) is 3.63. The second-order valence-corrected chi connectivity index (χ2v) is 5.08. The Hall–Kier alpha value is -1.72. The van der Waals surface area contributed by atoms with Crippen molar-refractivity contribution >= 4 is 23.2 Å². The number of aromatic nitrogens is 2. The molecule has 1 aromatic heterocycles. The van der Waals surface area contributed by atoms with Crippen molar-refractivity contribution in [1.29, 1.82) is 0 Å². The Bertz CT molecular complexity index is 619. The van der Waals surface area contributed by atoms with Crippen molar-refractivity contribution in [2.75, 3.05) is 5.32 Å². The van der Waals surface area contributed by atoms with E-state index in [2.05, 4.69) is 15.3 Å². The molecule has 4 nitrogen and oxygen atoms in total. The molecule has 0 saturated carbocycles. The molecular formula is C14H15ClFN3O. The summed E-state index contributed by atoms with van der Waals surface area (Å²) in [7, 11) is 0. The zero-order valence-corrected chi connectivity index (χ0v) is 11.9. The molecule has 0 radical (unpaired) electrons. The Labute approximate surface area is 121 Å². The van der Waals surface area contributed by atoms with Crippen molar-refractivity contribution in [3.8, 4) is 0 Å². The number of nitrogens with one attached hydrogen (secondary N) is 1. The third kappa shape index (κ3) is 3.43. The molecular weight excluding hydrogens is 281 g/mol. The zero-order valence-electron chi connectivity index (χ0n) is 11.2. The first-order valence-electron chi connectivity index (χ1n) is 6.20. The second kappa shape index (κ2) is 6.15. The fraction of sp³-hybridized carbons (Fsp3) is 0.286. The summed E-state index contributed by atoms with van der Waals surface area (Å²) in [6, 6.07) is 6.03. The van der Waals surface area contributed by atoms with Crippen LogP contribution in [0.5, 0.6) is 0 Å². The molecule has 0 aliphatic rings. The summed E-state index contributed by atoms with van der Waals surface area (Å²) in [6.45, 7) is 3.84. The van der Waals surface area contributed by atoms with E-state index in [1.165, 1.54) is 12.1 Å². The van der Waals surface area contributed by atoms with Crippen molar-refractivity contribution in [3.63, 3.8) is 0 Å². The van der Waals surface area contributed by atoms with Crippen LogP contribution in [0.15, 0.2) is 24.3 Å². The van der Waals surface area contributed by atoms with Crippen molar-refractivity contribution in [3.05, 3.63) is 46.5 Å². The van der Waals surface area contributed by atoms with Crippen LogP contribution in [0.1, 0.15) is 31.2 Å². The number of hydrogen-bond acceptors (Lipinski definition) is 4. The molecule has 0 unspecified atom stereocenters. The molecule has 0 aliphatic carbocycles. The standard InChI is InChI=1S/C14H15ClFN3O/c1-8(2)13-6-10(7-20)18-14(19-13)17-9-3-4-12(16)11(15)5-9/h3-6,8,20H,7H2,1-2H3,(H,17,18,19). The Morgan fingerprint density at radius 3 is 2.65 bits per heavy atom. The Balaban J connectivity index is 2.32. The van der Waals surface area contributed by atoms with Crippen LogP contribution in [0.25, 0.3) is 0 Å². The normalized spacial score (nSPS) is 10.9. The minimum atomic E-state index is -0.481. The molecule has 1 heterocycles. The first-order chi connectivity index (χ1) is 9.49. The first kappa shape index (κ1) is 14.7. The molecule has 6 heteroatoms. The van der Waals surface area contributed by atoms with Crippen LogP contribution >= 0.6 is 11.6 Å². The molecule has 0 spiro atoms. The minimum Gasteiger partial charge on any atom is -0.390 e. The summed E-state index contributed by atoms with van der Waals surface area (Å²) < 4.78 is 13.1. The van der Waals surface area contributed by atoms with Gasteiger partial charge in [-0.25, -0.2) is 14.4 Å². The van der Waals surface area contributed by atoms with E-state index in [-0.39, 0.29) is 17.5 Å². The van der Waals surface area contributed by atoms with Gasteiger partial charge in [-0.05, 0) is 30.2 Å². The molecule has 20 heavy (non-hydrogen) atoms. The number of aliphatic hydroxyl groups is 1. The summed E-state index contributed by atoms with van der Waals surface area (Å²) in [6.07, 6.45) is 0. The molecule has 0 saturated heterocycles. The lowest BCUT2D eigenvalue weighted by atomic mass is 10.1. The van der Waals surface area contributed by atoms with Gasteiger partial charge in [0.25, 0.3) is 0 Å². The lowest BCUT2D eigenvalue weighted by Gasteiger charge is -2.11. The van der Waals surface area contributed by atoms with Gasteiger partial charge >= 0.3 is 0 Å². The first-order valence-corrected chi connectivity index (χ1v) is 6.58. The van der Waals surface area contributed by atoms with Gasteiger partial charge in [0.2, 0.25) is 5.95 Å². The van der Waals surface area contributed by atoms with Crippen molar-refractivity contribution < 1.29 is 9.50 Å². The van der Waals surface area contributed by atoms with E-state index in [0.29, 0.717) is 17.3 Å². The number of aliphatic hydroxyl groups excluding tert-OH is 1. The number of anilines is 2. The molecule has 0 bridgehead atoms. The Kier molecular flexibility index (Phi) is 4.52. The van der Waals surface area contributed by atoms with Gasteiger partial charge in [0.15, 0.2) is 0 Å². The topological polar surface area (TPSA) is 58.0 Å². The van der Waals surface area contributed by atoms with Gasteiger partial charge in [0, 0.05) is 11.4 Å². The smallest absolute Gasteiger partial charge is 0.227 e. The van der Waals surface area contributed by atoms with Crippen molar-refractivity contribution in [2.45, 2.75) is 26.4 Å². The maximum atomic E-state index is 13.1. The number of benzene rings is 1. The van der Waals surface area contributed by atoms with Crippen LogP contribution in [0.4, 0.5) is 16.0 Å². The summed E-state index contributed by atoms with van der Waals surface area (Å²) in [5.74, 6) is 0.0775. The van der Waals surface area contributed by atoms with Crippen LogP contribution in [-0.4, -0.2) is 15.1 Å². The van der Waals surface area contributed by atoms with Crippen LogP contribution in [0.3, 0.4) is 0 Å². The van der Waals surface area contributed by atoms with Crippen LogP contribution in [0, 0.1) is 5.82 Å². The number of nitrogens with zero attached hydrogens (tertiary/aromatic N) is 2. The zero-order chi connectivity index (χ0) is 14.7. The molecule has 106 valence electrons. The molecule has 2 rings (SSSR count). The van der Waals surface area contributed by atoms with E-state index >= 15 is 0 Å². The maximum absolute atomic E-state index is 13.1. The van der Waals surface area contributed by atoms with Gasteiger partial charge in [-0.1, -0.05) is 25.4 Å². The number of rotatable bonds is 4. The lowest BCUT2D eigenvalue weighted by Crippen LogP contribution is -2.05. The SMILES string of the molecule is CC(C)c1cc(CO)nc(Nc2ccc(F)c(Cl)c2)n1. The highest BCUT2D eigenvalue weighted by Gasteiger charge is 2.08. The van der Waals surface area contributed by atoms with E-state index in [4.69, 9.17) is 11.6 Å². The fourth-order valence-electron chi connectivity index (χ4n) is 1.65. The third-order valence-electron chi connectivity index (χ3n) is 2.73. The van der Waals surface area contributed by atoms with Crippen LogP contribution in [-0.2, 0) is 6.61 Å². The molecule has 0 aliphatic heterocycles. The maximum Gasteiger partial charge on any atom is 0.227 e. The molecule has 2 aromatic rings. The summed E-state index contributed by atoms with van der Waals surface area (Å²) in [5, 5.41) is 12.2. The number of halogens is 2. The van der Waals surface area contributed by atoms with E-state index < -0.39 is 5.82 Å². The lowest BCUT2D eigenvalue weighted by molar-refractivity contribution is 0.276. The quantitative estimate of drug-likeness (QED) is 0.904. The fourth-order valence-corrected chi connectivity index (χ4v) is 1.83. The molecule has 1 aromatic carbocycles. The highest BCUT2D eigenvalue weighted by atomic mass is 35.5. The van der Waals surface area contributed by atoms with Crippen LogP contribution < -0.4 is 5.32 Å². The predicted molar refractivity (Wildman–Crippen MR) is 76.7 cm³/mol. The monoisotopic (exact) mass is 295 g/mol. The van der Waals surface area contributed by atoms with E-state index in [1.807, 2.05) is 13.8 Å². The molecule has 2 N–H and O–H groups in total. The average molecular weight is 296 g/mol. The Morgan fingerprint density at radius 1 is 1.30 bits per heavy atom. The molecule has 0 fully saturated rings. The molecule has 0 atom stereocenters. The largest absolute Gasteiger partial charge is 0.390 e. The van der Waals surface area contributed by atoms with E-state index in [0.717, 1.165) is 5.69 Å². The third-order valence-corrected chi connectivity index (χ3v) is 3.02. The highest BCUT2D eigenvalue weighted by Crippen LogP contribution is 2.22. The van der Waals surface area contributed by atoms with Gasteiger partial charge in [0.05, 0.1) is 17.3 Å². The average Bonchev–Trinajstić information content (AvgIpc) is 2.42. The van der Waals surface area contributed by atoms with Gasteiger partial charge in [-0.15, -0.1) is 0 Å². The minimum absolute atomic E-state index is 0.0254. The Morgan fingerprint density at radius 2 is 2.05 bits per heavy atom. The van der Waals surface area contributed by atoms with E-state index in [1.54, 1.807) is 12.1 Å². The number of hydrogen-bond donors (Lipinski definition) is 2. The highest BCUT2D eigenvalue weighted by molar-refractivity contribution is 6.31. The van der Waals surface area contributed by atoms with Gasteiger partial charge < -0.3 is 10.4 Å². The van der Waals surface area contributed by atoms with Gasteiger partial charge in [-0.3, -0.25) is 0 Å². The summed E-state index contributed by atoms with van der Waals surface area (Å²) >= 11 is 5.72. The van der Waals surface area contributed by atoms with Crippen molar-refractivity contribution in [1.82, 2.24) is 9.97 Å². The van der Waals surface area contributed by atoms with Gasteiger partial charge in [-0.2, -0.15) is 0 Å². The van der Waals surface area contributed by atoms with E-state index in [9.17, 15) is 9.50 Å². The summed E-state index contributed by atoms with van der Waals surface area (Å²) in [4.78, 5) is 8.53. The van der Waals surface area contributed by atoms with Gasteiger partial charge in [0.1, 0.15) is 5.82 Å². The van der Waals surface area contributed by atoms with Crippen LogP contribution in [0.2, 0.25) is 5.02 Å². The van der Waals surface area contributed by atoms with Crippen molar-refractivity contribution in [2.24, 2.45) is 0 Å². The second-order valence-electron chi connectivity index (χ2n) is 4.67. The molecule has 0 amide bonds. The summed E-state index contributed by atoms with van der Waals surface area (Å²) in [5.41, 5.74) is 1.93.